The highest BCUT2D eigenvalue weighted by Gasteiger charge is 2.13. The molecular formula is C11H11BrFN3. The molecule has 0 bridgehead atoms. The molecule has 16 heavy (non-hydrogen) atoms. The lowest BCUT2D eigenvalue weighted by molar-refractivity contribution is 0.627. The molecule has 3 N–H and O–H groups in total. The summed E-state index contributed by atoms with van der Waals surface area (Å²) in [6, 6.07) is 4.54. The molecular weight excluding hydrogens is 273 g/mol. The number of hydrogen-bond donors (Lipinski definition) is 2. The number of nitrogens with one attached hydrogen (secondary N) is 1. The van der Waals surface area contributed by atoms with Gasteiger partial charge in [0, 0.05) is 15.6 Å². The smallest absolute Gasteiger partial charge is 0.149 e. The van der Waals surface area contributed by atoms with Crippen LogP contribution < -0.4 is 5.73 Å². The number of nitrogens with two attached hydrogens (primary N) is 1. The summed E-state index contributed by atoms with van der Waals surface area (Å²) < 4.78 is 13.7. The molecule has 0 saturated carbocycles. The van der Waals surface area contributed by atoms with Gasteiger partial charge < -0.3 is 5.73 Å². The number of benzene rings is 1. The third-order valence-corrected chi connectivity index (χ3v) is 3.11. The van der Waals surface area contributed by atoms with Gasteiger partial charge in [-0.3, -0.25) is 5.10 Å². The van der Waals surface area contributed by atoms with E-state index in [1.807, 2.05) is 6.92 Å². The Kier molecular flexibility index (Phi) is 2.96. The van der Waals surface area contributed by atoms with Crippen LogP contribution in [0.25, 0.3) is 11.3 Å². The van der Waals surface area contributed by atoms with Gasteiger partial charge in [0.25, 0.3) is 0 Å². The predicted molar refractivity (Wildman–Crippen MR) is 65.5 cm³/mol. The fraction of sp³-hybridized carbons (Fsp3) is 0.182. The number of nitrogens with zero attached hydrogens (tertiary/aromatic N) is 1. The summed E-state index contributed by atoms with van der Waals surface area (Å²) in [6.07, 6.45) is 0.779. The predicted octanol–water partition coefficient (Wildman–Crippen LogP) is 3.12. The summed E-state index contributed by atoms with van der Waals surface area (Å²) in [5, 5.41) is 6.84. The number of H-pyrrole nitrogens is 1. The van der Waals surface area contributed by atoms with Gasteiger partial charge in [-0.05, 0) is 40.5 Å². The molecule has 0 aliphatic rings. The summed E-state index contributed by atoms with van der Waals surface area (Å²) in [5.41, 5.74) is 8.39. The summed E-state index contributed by atoms with van der Waals surface area (Å²) in [5.74, 6) is 0.217. The van der Waals surface area contributed by atoms with Crippen molar-refractivity contribution in [3.05, 3.63) is 34.1 Å². The zero-order valence-electron chi connectivity index (χ0n) is 8.72. The van der Waals surface area contributed by atoms with Crippen molar-refractivity contribution < 1.29 is 4.39 Å². The summed E-state index contributed by atoms with van der Waals surface area (Å²) in [6.45, 7) is 2.00. The highest BCUT2D eigenvalue weighted by Crippen LogP contribution is 2.31. The Balaban J connectivity index is 2.58. The van der Waals surface area contributed by atoms with Crippen LogP contribution in [0.5, 0.6) is 0 Å². The van der Waals surface area contributed by atoms with Gasteiger partial charge in [-0.2, -0.15) is 5.10 Å². The first-order chi connectivity index (χ1) is 7.63. The zero-order valence-corrected chi connectivity index (χ0v) is 10.3. The Hall–Kier alpha value is -1.36. The topological polar surface area (TPSA) is 54.7 Å². The van der Waals surface area contributed by atoms with E-state index in [2.05, 4.69) is 26.1 Å². The molecule has 1 aromatic carbocycles. The van der Waals surface area contributed by atoms with Gasteiger partial charge in [0.15, 0.2) is 0 Å². The van der Waals surface area contributed by atoms with Crippen molar-refractivity contribution in [1.29, 1.82) is 0 Å². The van der Waals surface area contributed by atoms with E-state index in [9.17, 15) is 4.39 Å². The second kappa shape index (κ2) is 4.25. The molecule has 0 spiro atoms. The van der Waals surface area contributed by atoms with Gasteiger partial charge in [-0.15, -0.1) is 0 Å². The van der Waals surface area contributed by atoms with Crippen LogP contribution >= 0.6 is 15.9 Å². The van der Waals surface area contributed by atoms with E-state index in [4.69, 9.17) is 5.73 Å². The monoisotopic (exact) mass is 283 g/mol. The van der Waals surface area contributed by atoms with Crippen LogP contribution in [0, 0.1) is 5.82 Å². The van der Waals surface area contributed by atoms with E-state index >= 15 is 0 Å². The molecule has 2 rings (SSSR count). The van der Waals surface area contributed by atoms with Crippen molar-refractivity contribution in [1.82, 2.24) is 10.2 Å². The third-order valence-electron chi connectivity index (χ3n) is 2.45. The minimum atomic E-state index is -0.277. The van der Waals surface area contributed by atoms with Crippen LogP contribution in [0.3, 0.4) is 0 Å². The SMILES string of the molecule is CCc1c(N)n[nH]c1-c1ccc(F)cc1Br. The highest BCUT2D eigenvalue weighted by atomic mass is 79.9. The Morgan fingerprint density at radius 2 is 2.25 bits per heavy atom. The van der Waals surface area contributed by atoms with Crippen molar-refractivity contribution in [3.63, 3.8) is 0 Å². The molecule has 0 aliphatic carbocycles. The molecule has 0 saturated heterocycles. The maximum Gasteiger partial charge on any atom is 0.149 e. The fourth-order valence-electron chi connectivity index (χ4n) is 1.65. The second-order valence-corrected chi connectivity index (χ2v) is 4.29. The van der Waals surface area contributed by atoms with Crippen molar-refractivity contribution in [2.75, 3.05) is 5.73 Å². The standard InChI is InChI=1S/C11H11BrFN3/c1-2-7-10(15-16-11(7)14)8-4-3-6(13)5-9(8)12/h3-5H,2H2,1H3,(H3,14,15,16). The minimum Gasteiger partial charge on any atom is -0.382 e. The molecule has 1 heterocycles. The normalized spacial score (nSPS) is 10.7. The van der Waals surface area contributed by atoms with Crippen molar-refractivity contribution in [2.45, 2.75) is 13.3 Å². The summed E-state index contributed by atoms with van der Waals surface area (Å²) in [4.78, 5) is 0. The Bertz CT molecular complexity index is 522. The second-order valence-electron chi connectivity index (χ2n) is 3.44. The van der Waals surface area contributed by atoms with Crippen LogP contribution in [-0.2, 0) is 6.42 Å². The maximum atomic E-state index is 13.0. The lowest BCUT2D eigenvalue weighted by Crippen LogP contribution is -1.91. The van der Waals surface area contributed by atoms with Crippen molar-refractivity contribution >= 4 is 21.7 Å². The number of hydrogen-bond acceptors (Lipinski definition) is 2. The van der Waals surface area contributed by atoms with Gasteiger partial charge in [0.05, 0.1) is 5.69 Å². The molecule has 0 radical (unpaired) electrons. The van der Waals surface area contributed by atoms with E-state index in [1.165, 1.54) is 12.1 Å². The molecule has 0 aliphatic heterocycles. The number of rotatable bonds is 2. The largest absolute Gasteiger partial charge is 0.382 e. The molecule has 1 aromatic heterocycles. The molecule has 0 amide bonds. The van der Waals surface area contributed by atoms with Crippen molar-refractivity contribution in [3.8, 4) is 11.3 Å². The van der Waals surface area contributed by atoms with E-state index in [1.54, 1.807) is 6.07 Å². The van der Waals surface area contributed by atoms with Gasteiger partial charge in [0.2, 0.25) is 0 Å². The molecule has 0 atom stereocenters. The first kappa shape index (κ1) is 11.1. The molecule has 2 aromatic rings. The Morgan fingerprint density at radius 3 is 2.88 bits per heavy atom. The van der Waals surface area contributed by atoms with Gasteiger partial charge in [-0.25, -0.2) is 4.39 Å². The fourth-order valence-corrected chi connectivity index (χ4v) is 2.20. The number of aromatic nitrogens is 2. The van der Waals surface area contributed by atoms with E-state index in [0.717, 1.165) is 23.2 Å². The number of nitrogen functional groups attached to an aromatic ring is 1. The number of halogens is 2. The van der Waals surface area contributed by atoms with Crippen LogP contribution in [0.15, 0.2) is 22.7 Å². The Labute approximate surface area is 101 Å². The summed E-state index contributed by atoms with van der Waals surface area (Å²) in [7, 11) is 0. The summed E-state index contributed by atoms with van der Waals surface area (Å²) >= 11 is 3.33. The lowest BCUT2D eigenvalue weighted by Gasteiger charge is -2.04. The molecule has 84 valence electrons. The molecule has 5 heteroatoms. The average Bonchev–Trinajstić information content (AvgIpc) is 2.59. The molecule has 0 fully saturated rings. The van der Waals surface area contributed by atoms with Gasteiger partial charge >= 0.3 is 0 Å². The quantitative estimate of drug-likeness (QED) is 0.890. The van der Waals surface area contributed by atoms with Crippen molar-refractivity contribution in [2.24, 2.45) is 0 Å². The maximum absolute atomic E-state index is 13.0. The average molecular weight is 284 g/mol. The van der Waals surface area contributed by atoms with Crippen LogP contribution in [0.4, 0.5) is 10.2 Å². The lowest BCUT2D eigenvalue weighted by atomic mass is 10.1. The first-order valence-corrected chi connectivity index (χ1v) is 5.71. The molecule has 0 unspecified atom stereocenters. The first-order valence-electron chi connectivity index (χ1n) is 4.91. The highest BCUT2D eigenvalue weighted by molar-refractivity contribution is 9.10. The van der Waals surface area contributed by atoms with Crippen LogP contribution in [0.1, 0.15) is 12.5 Å². The van der Waals surface area contributed by atoms with Crippen LogP contribution in [-0.4, -0.2) is 10.2 Å². The van der Waals surface area contributed by atoms with Gasteiger partial charge in [0.1, 0.15) is 11.6 Å². The minimum absolute atomic E-state index is 0.277. The Morgan fingerprint density at radius 1 is 1.50 bits per heavy atom. The van der Waals surface area contributed by atoms with E-state index in [-0.39, 0.29) is 5.82 Å². The van der Waals surface area contributed by atoms with Gasteiger partial charge in [-0.1, -0.05) is 6.92 Å². The third kappa shape index (κ3) is 1.82. The number of aromatic amines is 1. The van der Waals surface area contributed by atoms with E-state index < -0.39 is 0 Å². The van der Waals surface area contributed by atoms with E-state index in [0.29, 0.717) is 10.3 Å². The van der Waals surface area contributed by atoms with Crippen LogP contribution in [0.2, 0.25) is 0 Å². The number of anilines is 1. The zero-order chi connectivity index (χ0) is 11.7. The molecule has 3 nitrogen and oxygen atoms in total.